The molecule has 0 saturated carbocycles. The van der Waals surface area contributed by atoms with Crippen molar-refractivity contribution in [3.8, 4) is 22.3 Å². The van der Waals surface area contributed by atoms with Crippen LogP contribution in [-0.2, 0) is 26.2 Å². The summed E-state index contributed by atoms with van der Waals surface area (Å²) >= 11 is 0. The van der Waals surface area contributed by atoms with Gasteiger partial charge in [0.05, 0.1) is 0 Å². The summed E-state index contributed by atoms with van der Waals surface area (Å²) in [6, 6.07) is 53.0. The molecule has 0 aliphatic rings. The fraction of sp³-hybridized carbons (Fsp3) is 0.174. The molecule has 0 N–H and O–H groups in total. The predicted molar refractivity (Wildman–Crippen MR) is 211 cm³/mol. The Morgan fingerprint density at radius 3 is 1.10 bits per heavy atom. The molecule has 8 aromatic carbocycles. The molecule has 0 aliphatic heterocycles. The van der Waals surface area contributed by atoms with Crippen molar-refractivity contribution in [2.75, 3.05) is 0 Å². The van der Waals surface area contributed by atoms with Crippen molar-refractivity contribution < 1.29 is 26.2 Å². The quantitative estimate of drug-likeness (QED) is 0.126. The summed E-state index contributed by atoms with van der Waals surface area (Å²) in [5, 5.41) is 10.7. The van der Waals surface area contributed by atoms with Gasteiger partial charge in [0.1, 0.15) is 0 Å². The number of hydrogen-bond acceptors (Lipinski definition) is 0. The van der Waals surface area contributed by atoms with Crippen LogP contribution >= 0.6 is 0 Å². The van der Waals surface area contributed by atoms with Crippen LogP contribution in [-0.4, -0.2) is 9.52 Å². The molecule has 0 spiro atoms. The van der Waals surface area contributed by atoms with Gasteiger partial charge in [0.15, 0.2) is 0 Å². The van der Waals surface area contributed by atoms with E-state index in [0.29, 0.717) is 11.8 Å². The van der Waals surface area contributed by atoms with E-state index in [0.717, 1.165) is 9.52 Å². The average molecular weight is 716 g/mol. The van der Waals surface area contributed by atoms with E-state index >= 15 is 0 Å². The molecule has 0 amide bonds. The van der Waals surface area contributed by atoms with Crippen molar-refractivity contribution in [1.82, 2.24) is 0 Å². The Bertz CT molecular complexity index is 2090. The topological polar surface area (TPSA) is 0 Å². The third-order valence-electron chi connectivity index (χ3n) is 9.04. The van der Waals surface area contributed by atoms with Gasteiger partial charge in [-0.2, -0.15) is 12.1 Å². The Morgan fingerprint density at radius 2 is 0.729 bits per heavy atom. The van der Waals surface area contributed by atoms with Crippen molar-refractivity contribution in [3.05, 3.63) is 157 Å². The Kier molecular flexibility index (Phi) is 11.9. The molecule has 8 aromatic rings. The first kappa shape index (κ1) is 35.5. The van der Waals surface area contributed by atoms with Gasteiger partial charge in [0, 0.05) is 9.52 Å². The van der Waals surface area contributed by atoms with Crippen LogP contribution in [0, 0.1) is 0 Å². The van der Waals surface area contributed by atoms with Crippen molar-refractivity contribution in [2.24, 2.45) is 0 Å². The van der Waals surface area contributed by atoms with Crippen LogP contribution in [0.2, 0.25) is 13.1 Å². The first-order valence-corrected chi connectivity index (χ1v) is 18.8. The van der Waals surface area contributed by atoms with Crippen LogP contribution < -0.4 is 0 Å². The second-order valence-corrected chi connectivity index (χ2v) is 14.1. The van der Waals surface area contributed by atoms with Crippen molar-refractivity contribution in [3.63, 3.8) is 0 Å². The van der Waals surface area contributed by atoms with Crippen molar-refractivity contribution in [2.45, 2.75) is 52.6 Å². The van der Waals surface area contributed by atoms with E-state index in [2.05, 4.69) is 186 Å². The minimum atomic E-state index is 0. The molecular weight excluding hydrogens is 672 g/mol. The standard InChI is InChI=1S/2C22H19.C2H6Si.Zr/c2*1-15(2)18-13-17-9-6-12-21(22(17)14-18)20-11-5-8-16-7-3-4-10-19(16)20;1-3-2;/h2*3-15H,1-2H3;1-2H3;/q2*-1;;+2. The molecule has 0 atom stereocenters. The zero-order chi connectivity index (χ0) is 32.9. The van der Waals surface area contributed by atoms with Gasteiger partial charge in [-0.1, -0.05) is 149 Å². The molecule has 0 unspecified atom stereocenters. The fourth-order valence-electron chi connectivity index (χ4n) is 6.57. The van der Waals surface area contributed by atoms with Gasteiger partial charge >= 0.3 is 26.2 Å². The molecule has 2 heteroatoms. The van der Waals surface area contributed by atoms with Gasteiger partial charge in [-0.15, -0.1) is 69.1 Å². The molecular formula is C46H44SiZr. The molecule has 0 nitrogen and oxygen atoms in total. The summed E-state index contributed by atoms with van der Waals surface area (Å²) < 4.78 is 0. The Hall–Kier alpha value is -3.84. The second kappa shape index (κ2) is 16.0. The molecule has 0 bridgehead atoms. The van der Waals surface area contributed by atoms with Crippen molar-refractivity contribution in [1.29, 1.82) is 0 Å². The fourth-order valence-corrected chi connectivity index (χ4v) is 6.57. The maximum Gasteiger partial charge on any atom is 2.00 e. The number of hydrogen-bond donors (Lipinski definition) is 0. The van der Waals surface area contributed by atoms with Crippen LogP contribution in [0.3, 0.4) is 0 Å². The van der Waals surface area contributed by atoms with Gasteiger partial charge in [0.2, 0.25) is 0 Å². The van der Waals surface area contributed by atoms with Gasteiger partial charge < -0.3 is 0 Å². The second-order valence-electron chi connectivity index (χ2n) is 13.1. The average Bonchev–Trinajstić information content (AvgIpc) is 3.74. The van der Waals surface area contributed by atoms with E-state index < -0.39 is 0 Å². The monoisotopic (exact) mass is 714 g/mol. The van der Waals surface area contributed by atoms with E-state index in [1.807, 2.05) is 0 Å². The molecule has 236 valence electrons. The van der Waals surface area contributed by atoms with Crippen LogP contribution in [0.5, 0.6) is 0 Å². The van der Waals surface area contributed by atoms with E-state index in [9.17, 15) is 0 Å². The first-order chi connectivity index (χ1) is 22.9. The van der Waals surface area contributed by atoms with E-state index in [1.165, 1.54) is 76.5 Å². The Balaban J connectivity index is 0.000000171. The van der Waals surface area contributed by atoms with Gasteiger partial charge in [-0.3, -0.25) is 0 Å². The summed E-state index contributed by atoms with van der Waals surface area (Å²) in [5.74, 6) is 1.13. The van der Waals surface area contributed by atoms with E-state index in [4.69, 9.17) is 0 Å². The third-order valence-corrected chi connectivity index (χ3v) is 9.04. The zero-order valence-corrected chi connectivity index (χ0v) is 32.5. The summed E-state index contributed by atoms with van der Waals surface area (Å²) in [4.78, 5) is 0. The minimum Gasteiger partial charge on any atom is -0.164 e. The normalized spacial score (nSPS) is 11.0. The Morgan fingerprint density at radius 1 is 0.417 bits per heavy atom. The summed E-state index contributed by atoms with van der Waals surface area (Å²) in [5.41, 5.74) is 8.15. The number of fused-ring (bicyclic) bond motifs is 4. The minimum absolute atomic E-state index is 0. The van der Waals surface area contributed by atoms with Gasteiger partial charge in [0.25, 0.3) is 0 Å². The molecule has 0 fully saturated rings. The molecule has 0 heterocycles. The summed E-state index contributed by atoms with van der Waals surface area (Å²) in [6.07, 6.45) is 0. The molecule has 0 aromatic heterocycles. The Labute approximate surface area is 308 Å². The molecule has 0 aliphatic carbocycles. The van der Waals surface area contributed by atoms with Crippen LogP contribution in [0.25, 0.3) is 65.3 Å². The summed E-state index contributed by atoms with van der Waals surface area (Å²) in [7, 11) is 1.08. The zero-order valence-electron chi connectivity index (χ0n) is 29.0. The molecule has 48 heavy (non-hydrogen) atoms. The predicted octanol–water partition coefficient (Wildman–Crippen LogP) is 13.8. The van der Waals surface area contributed by atoms with Crippen LogP contribution in [0.15, 0.2) is 146 Å². The number of benzene rings is 6. The molecule has 2 radical (unpaired) electrons. The maximum atomic E-state index is 2.36. The molecule has 8 rings (SSSR count). The van der Waals surface area contributed by atoms with Crippen LogP contribution in [0.1, 0.15) is 50.7 Å². The van der Waals surface area contributed by atoms with E-state index in [1.54, 1.807) is 0 Å². The maximum absolute atomic E-state index is 2.36. The summed E-state index contributed by atoms with van der Waals surface area (Å²) in [6.45, 7) is 13.3. The smallest absolute Gasteiger partial charge is 0.164 e. The van der Waals surface area contributed by atoms with Gasteiger partial charge in [-0.05, 0) is 44.5 Å². The largest absolute Gasteiger partial charge is 2.00 e. The van der Waals surface area contributed by atoms with Crippen LogP contribution in [0.4, 0.5) is 0 Å². The van der Waals surface area contributed by atoms with E-state index in [-0.39, 0.29) is 26.2 Å². The third kappa shape index (κ3) is 7.41. The number of rotatable bonds is 4. The molecule has 0 saturated heterocycles. The first-order valence-electron chi connectivity index (χ1n) is 16.8. The van der Waals surface area contributed by atoms with Gasteiger partial charge in [-0.25, -0.2) is 0 Å². The van der Waals surface area contributed by atoms with Crippen molar-refractivity contribution >= 4 is 52.6 Å². The SMILES string of the molecule is CC(C)c1cc2c(-c3cccc4ccccc34)cccc2[cH-]1.CC(C)c1cc2c(-c3cccc4ccccc34)cccc2[cH-]1.C[Si]C.[Zr+2].